The van der Waals surface area contributed by atoms with Crippen molar-refractivity contribution in [3.63, 3.8) is 0 Å². The molecule has 0 spiro atoms. The zero-order chi connectivity index (χ0) is 12.7. The monoisotopic (exact) mass is 303 g/mol. The molecule has 1 aromatic heterocycles. The maximum atomic E-state index is 11.6. The summed E-state index contributed by atoms with van der Waals surface area (Å²) in [6.45, 7) is 1.10. The summed E-state index contributed by atoms with van der Waals surface area (Å²) in [5.41, 5.74) is -0.271. The molecule has 0 fully saturated rings. The number of carbonyl (C=O) groups is 1. The highest BCUT2D eigenvalue weighted by atomic mass is 79.9. The van der Waals surface area contributed by atoms with Crippen molar-refractivity contribution in [1.29, 1.82) is 0 Å². The molecule has 1 heterocycles. The van der Waals surface area contributed by atoms with E-state index < -0.39 is 0 Å². The lowest BCUT2D eigenvalue weighted by Gasteiger charge is -2.06. The van der Waals surface area contributed by atoms with Gasteiger partial charge in [-0.2, -0.15) is 0 Å². The molecular weight excluding hydrogens is 290 g/mol. The third-order valence-corrected chi connectivity index (χ3v) is 2.56. The first-order valence-electron chi connectivity index (χ1n) is 5.10. The number of rotatable bonds is 6. The predicted octanol–water partition coefficient (Wildman–Crippen LogP) is 0.159. The van der Waals surface area contributed by atoms with Crippen molar-refractivity contribution in [2.24, 2.45) is 0 Å². The minimum Gasteiger partial charge on any atom is -0.385 e. The zero-order valence-electron chi connectivity index (χ0n) is 9.48. The van der Waals surface area contributed by atoms with Gasteiger partial charge < -0.3 is 10.1 Å². The Morgan fingerprint density at radius 1 is 1.65 bits per heavy atom. The van der Waals surface area contributed by atoms with Crippen LogP contribution in [-0.4, -0.2) is 35.7 Å². The van der Waals surface area contributed by atoms with E-state index in [1.807, 2.05) is 0 Å². The van der Waals surface area contributed by atoms with Crippen LogP contribution in [0.1, 0.15) is 6.42 Å². The zero-order valence-corrected chi connectivity index (χ0v) is 11.1. The van der Waals surface area contributed by atoms with E-state index in [1.165, 1.54) is 17.1 Å². The van der Waals surface area contributed by atoms with Crippen molar-refractivity contribution in [1.82, 2.24) is 14.9 Å². The topological polar surface area (TPSA) is 73.2 Å². The Balaban J connectivity index is 2.46. The number of aromatic nitrogens is 2. The van der Waals surface area contributed by atoms with E-state index in [-0.39, 0.29) is 18.0 Å². The van der Waals surface area contributed by atoms with Crippen LogP contribution in [-0.2, 0) is 16.1 Å². The van der Waals surface area contributed by atoms with E-state index in [4.69, 9.17) is 4.74 Å². The van der Waals surface area contributed by atoms with Crippen LogP contribution in [0.15, 0.2) is 21.8 Å². The summed E-state index contributed by atoms with van der Waals surface area (Å²) in [7, 11) is 1.61. The minimum atomic E-state index is -0.271. The number of nitrogens with one attached hydrogen (secondary N) is 1. The van der Waals surface area contributed by atoms with Crippen LogP contribution in [0.3, 0.4) is 0 Å². The van der Waals surface area contributed by atoms with E-state index >= 15 is 0 Å². The van der Waals surface area contributed by atoms with Gasteiger partial charge in [-0.1, -0.05) is 0 Å². The van der Waals surface area contributed by atoms with Crippen molar-refractivity contribution < 1.29 is 9.53 Å². The number of ether oxygens (including phenoxy) is 1. The molecular formula is C10H14BrN3O3. The van der Waals surface area contributed by atoms with E-state index in [1.54, 1.807) is 7.11 Å². The van der Waals surface area contributed by atoms with Crippen LogP contribution in [0.2, 0.25) is 0 Å². The third-order valence-electron chi connectivity index (χ3n) is 2.02. The van der Waals surface area contributed by atoms with Gasteiger partial charge in [0, 0.05) is 26.5 Å². The molecule has 0 radical (unpaired) electrons. The second kappa shape index (κ2) is 7.18. The normalized spacial score (nSPS) is 10.2. The van der Waals surface area contributed by atoms with Crippen molar-refractivity contribution in [2.45, 2.75) is 13.0 Å². The van der Waals surface area contributed by atoms with Gasteiger partial charge in [0.15, 0.2) is 0 Å². The van der Waals surface area contributed by atoms with Crippen LogP contribution >= 0.6 is 15.9 Å². The summed E-state index contributed by atoms with van der Waals surface area (Å²) in [4.78, 5) is 26.9. The van der Waals surface area contributed by atoms with Crippen molar-refractivity contribution in [2.75, 3.05) is 20.3 Å². The van der Waals surface area contributed by atoms with E-state index in [9.17, 15) is 9.59 Å². The molecule has 1 rings (SSSR count). The first-order valence-corrected chi connectivity index (χ1v) is 5.90. The van der Waals surface area contributed by atoms with Gasteiger partial charge in [0.05, 0.1) is 6.33 Å². The molecule has 6 nitrogen and oxygen atoms in total. The Kier molecular flexibility index (Phi) is 5.85. The number of amides is 1. The highest BCUT2D eigenvalue weighted by Crippen LogP contribution is 1.97. The van der Waals surface area contributed by atoms with Gasteiger partial charge in [0.25, 0.3) is 5.56 Å². The molecule has 17 heavy (non-hydrogen) atoms. The Labute approximate surface area is 107 Å². The van der Waals surface area contributed by atoms with Gasteiger partial charge in [0.1, 0.15) is 11.0 Å². The first-order chi connectivity index (χ1) is 8.15. The number of hydrogen-bond acceptors (Lipinski definition) is 4. The van der Waals surface area contributed by atoms with Crippen LogP contribution < -0.4 is 10.9 Å². The van der Waals surface area contributed by atoms with Crippen LogP contribution in [0.25, 0.3) is 0 Å². The van der Waals surface area contributed by atoms with E-state index in [0.717, 1.165) is 6.42 Å². The molecule has 0 aliphatic carbocycles. The van der Waals surface area contributed by atoms with Crippen molar-refractivity contribution >= 4 is 21.8 Å². The van der Waals surface area contributed by atoms with Crippen molar-refractivity contribution in [3.05, 3.63) is 27.4 Å². The fourth-order valence-electron chi connectivity index (χ4n) is 1.19. The molecule has 0 saturated carbocycles. The highest BCUT2D eigenvalue weighted by Gasteiger charge is 2.05. The summed E-state index contributed by atoms with van der Waals surface area (Å²) in [6.07, 6.45) is 3.48. The second-order valence-corrected chi connectivity index (χ2v) is 4.23. The van der Waals surface area contributed by atoms with Crippen molar-refractivity contribution in [3.8, 4) is 0 Å². The fourth-order valence-corrected chi connectivity index (χ4v) is 1.54. The summed E-state index contributed by atoms with van der Waals surface area (Å²) < 4.78 is 6.44. The van der Waals surface area contributed by atoms with E-state index in [2.05, 4.69) is 26.2 Å². The first kappa shape index (κ1) is 13.9. The SMILES string of the molecule is COCCCNC(=O)Cn1cncc(Br)c1=O. The minimum absolute atomic E-state index is 0.0295. The number of halogens is 1. The van der Waals surface area contributed by atoms with E-state index in [0.29, 0.717) is 17.6 Å². The quantitative estimate of drug-likeness (QED) is 0.760. The Morgan fingerprint density at radius 2 is 2.41 bits per heavy atom. The molecule has 0 aliphatic heterocycles. The molecule has 1 amide bonds. The maximum Gasteiger partial charge on any atom is 0.268 e. The molecule has 0 aliphatic rings. The molecule has 0 saturated heterocycles. The van der Waals surface area contributed by atoms with Gasteiger partial charge in [-0.05, 0) is 22.4 Å². The van der Waals surface area contributed by atoms with Crippen LogP contribution in [0, 0.1) is 0 Å². The Bertz CT molecular complexity index is 433. The Hall–Kier alpha value is -1.21. The summed E-state index contributed by atoms with van der Waals surface area (Å²) in [5.74, 6) is -0.219. The molecule has 1 N–H and O–H groups in total. The summed E-state index contributed by atoms with van der Waals surface area (Å²) in [6, 6.07) is 0. The summed E-state index contributed by atoms with van der Waals surface area (Å²) >= 11 is 3.07. The molecule has 1 aromatic rings. The molecule has 0 atom stereocenters. The lowest BCUT2D eigenvalue weighted by molar-refractivity contribution is -0.121. The smallest absolute Gasteiger partial charge is 0.268 e. The average Bonchev–Trinajstić information content (AvgIpc) is 2.31. The third kappa shape index (κ3) is 4.66. The standard InChI is InChI=1S/C10H14BrN3O3/c1-17-4-2-3-13-9(15)6-14-7-12-5-8(11)10(14)16/h5,7H,2-4,6H2,1H3,(H,13,15). The largest absolute Gasteiger partial charge is 0.385 e. The highest BCUT2D eigenvalue weighted by molar-refractivity contribution is 9.10. The van der Waals surface area contributed by atoms with Gasteiger partial charge in [-0.3, -0.25) is 14.2 Å². The second-order valence-electron chi connectivity index (χ2n) is 3.37. The summed E-state index contributed by atoms with van der Waals surface area (Å²) in [5, 5.41) is 2.69. The number of hydrogen-bond donors (Lipinski definition) is 1. The number of carbonyl (C=O) groups excluding carboxylic acids is 1. The maximum absolute atomic E-state index is 11.6. The Morgan fingerprint density at radius 3 is 3.12 bits per heavy atom. The fraction of sp³-hybridized carbons (Fsp3) is 0.500. The molecule has 7 heteroatoms. The molecule has 94 valence electrons. The van der Waals surface area contributed by atoms with Gasteiger partial charge in [0.2, 0.25) is 5.91 Å². The number of nitrogens with zero attached hydrogens (tertiary/aromatic N) is 2. The van der Waals surface area contributed by atoms with Gasteiger partial charge in [-0.15, -0.1) is 0 Å². The molecule has 0 aromatic carbocycles. The van der Waals surface area contributed by atoms with Crippen LogP contribution in [0.5, 0.6) is 0 Å². The predicted molar refractivity (Wildman–Crippen MR) is 65.7 cm³/mol. The number of methoxy groups -OCH3 is 1. The lowest BCUT2D eigenvalue weighted by atomic mass is 10.4. The molecule has 0 unspecified atom stereocenters. The van der Waals surface area contributed by atoms with Gasteiger partial charge >= 0.3 is 0 Å². The van der Waals surface area contributed by atoms with Gasteiger partial charge in [-0.25, -0.2) is 4.98 Å². The lowest BCUT2D eigenvalue weighted by Crippen LogP contribution is -2.33. The van der Waals surface area contributed by atoms with Crippen LogP contribution in [0.4, 0.5) is 0 Å². The average molecular weight is 304 g/mol. The molecule has 0 bridgehead atoms.